The number of rotatable bonds is 8. The molecule has 4 rings (SSSR count). The minimum absolute atomic E-state index is 0.0387. The van der Waals surface area contributed by atoms with E-state index < -0.39 is 12.0 Å². The molecule has 1 aromatic heterocycles. The van der Waals surface area contributed by atoms with E-state index >= 15 is 0 Å². The van der Waals surface area contributed by atoms with Crippen molar-refractivity contribution < 1.29 is 19.0 Å². The number of hydrogen-bond acceptors (Lipinski definition) is 7. The summed E-state index contributed by atoms with van der Waals surface area (Å²) in [4.78, 5) is 32.3. The molecule has 1 aliphatic heterocycles. The van der Waals surface area contributed by atoms with E-state index in [1.807, 2.05) is 38.1 Å². The summed E-state index contributed by atoms with van der Waals surface area (Å²) < 4.78 is 19.7. The van der Waals surface area contributed by atoms with Gasteiger partial charge < -0.3 is 14.2 Å². The quantitative estimate of drug-likeness (QED) is 0.259. The maximum absolute atomic E-state index is 14.0. The van der Waals surface area contributed by atoms with Crippen LogP contribution < -0.4 is 24.4 Å². The van der Waals surface area contributed by atoms with Crippen molar-refractivity contribution in [3.05, 3.63) is 88.0 Å². The SMILES string of the molecule is C#CCOc1c(Br)cc(Cl)cc1/C=c1\sc2n(c1=O)[C@H](c1ccccc1OC(C)C)C(C(=O)OCC)=C(C)N=2. The van der Waals surface area contributed by atoms with Gasteiger partial charge in [0.1, 0.15) is 24.1 Å². The lowest BCUT2D eigenvalue weighted by Gasteiger charge is -2.26. The van der Waals surface area contributed by atoms with E-state index in [2.05, 4.69) is 26.8 Å². The predicted molar refractivity (Wildman–Crippen MR) is 156 cm³/mol. The van der Waals surface area contributed by atoms with Crippen molar-refractivity contribution in [3.63, 3.8) is 0 Å². The largest absolute Gasteiger partial charge is 0.491 e. The van der Waals surface area contributed by atoms with Crippen LogP contribution in [0.3, 0.4) is 0 Å². The highest BCUT2D eigenvalue weighted by Crippen LogP contribution is 2.36. The first-order chi connectivity index (χ1) is 18.7. The molecule has 2 aromatic carbocycles. The van der Waals surface area contributed by atoms with Crippen molar-refractivity contribution in [1.29, 1.82) is 0 Å². The van der Waals surface area contributed by atoms with Gasteiger partial charge in [-0.15, -0.1) is 6.42 Å². The molecule has 3 aromatic rings. The highest BCUT2D eigenvalue weighted by Gasteiger charge is 2.35. The molecule has 0 saturated carbocycles. The number of hydrogen-bond donors (Lipinski definition) is 0. The number of fused-ring (bicyclic) bond motifs is 1. The summed E-state index contributed by atoms with van der Waals surface area (Å²) in [6, 6.07) is 9.93. The second-order valence-corrected chi connectivity index (χ2v) is 11.1. The van der Waals surface area contributed by atoms with E-state index in [0.717, 1.165) is 0 Å². The van der Waals surface area contributed by atoms with E-state index in [1.165, 1.54) is 15.9 Å². The zero-order valence-electron chi connectivity index (χ0n) is 21.8. The molecule has 1 aliphatic rings. The molecular weight excluding hydrogens is 604 g/mol. The normalized spacial score (nSPS) is 15.0. The van der Waals surface area contributed by atoms with E-state index in [4.69, 9.17) is 32.2 Å². The molecule has 10 heteroatoms. The smallest absolute Gasteiger partial charge is 0.338 e. The van der Waals surface area contributed by atoms with Gasteiger partial charge in [-0.1, -0.05) is 47.1 Å². The van der Waals surface area contributed by atoms with Crippen LogP contribution in [0.25, 0.3) is 6.08 Å². The fraction of sp³-hybridized carbons (Fsp3) is 0.276. The fourth-order valence-corrected chi connectivity index (χ4v) is 6.23. The summed E-state index contributed by atoms with van der Waals surface area (Å²) in [5, 5.41) is 0.451. The van der Waals surface area contributed by atoms with Gasteiger partial charge in [-0.3, -0.25) is 9.36 Å². The molecule has 0 unspecified atom stereocenters. The number of allylic oxidation sites excluding steroid dienone is 1. The molecular formula is C29H26BrClN2O5S. The number of ether oxygens (including phenoxy) is 3. The number of thiazole rings is 1. The highest BCUT2D eigenvalue weighted by atomic mass is 79.9. The third kappa shape index (κ3) is 5.98. The molecule has 0 aliphatic carbocycles. The van der Waals surface area contributed by atoms with Crippen molar-refractivity contribution in [2.75, 3.05) is 13.2 Å². The third-order valence-electron chi connectivity index (χ3n) is 5.72. The van der Waals surface area contributed by atoms with Gasteiger partial charge in [-0.25, -0.2) is 9.79 Å². The number of terminal acetylenes is 1. The number of carbonyl (C=O) groups excluding carboxylic acids is 1. The monoisotopic (exact) mass is 628 g/mol. The van der Waals surface area contributed by atoms with Crippen LogP contribution in [0.1, 0.15) is 44.9 Å². The third-order valence-corrected chi connectivity index (χ3v) is 7.51. The second kappa shape index (κ2) is 12.2. The number of para-hydroxylation sites is 1. The molecule has 0 amide bonds. The predicted octanol–water partition coefficient (Wildman–Crippen LogP) is 5.01. The maximum Gasteiger partial charge on any atom is 0.338 e. The first-order valence-electron chi connectivity index (χ1n) is 12.2. The molecule has 202 valence electrons. The molecule has 0 fully saturated rings. The lowest BCUT2D eigenvalue weighted by Crippen LogP contribution is -2.40. The standard InChI is InChI=1S/C29H26BrClN2O5S/c1-6-12-37-26-18(13-19(31)15-21(26)30)14-23-27(34)33-25(20-10-8-9-11-22(20)38-16(3)4)24(28(35)36-7-2)17(5)32-29(33)39-23/h1,8-11,13-16,25H,7,12H2,2-5H3/b23-14-/t25-/m1/s1. The fourth-order valence-electron chi connectivity index (χ4n) is 4.25. The molecule has 0 spiro atoms. The van der Waals surface area contributed by atoms with Crippen LogP contribution in [0.4, 0.5) is 0 Å². The molecule has 0 N–H and O–H groups in total. The van der Waals surface area contributed by atoms with Gasteiger partial charge >= 0.3 is 5.97 Å². The van der Waals surface area contributed by atoms with Crippen LogP contribution in [0.2, 0.25) is 5.02 Å². The Morgan fingerprint density at radius 1 is 1.33 bits per heavy atom. The minimum Gasteiger partial charge on any atom is -0.491 e. The average molecular weight is 630 g/mol. The highest BCUT2D eigenvalue weighted by molar-refractivity contribution is 9.10. The number of halogens is 2. The van der Waals surface area contributed by atoms with Crippen molar-refractivity contribution in [3.8, 4) is 23.8 Å². The lowest BCUT2D eigenvalue weighted by molar-refractivity contribution is -0.139. The van der Waals surface area contributed by atoms with Crippen molar-refractivity contribution in [2.24, 2.45) is 4.99 Å². The topological polar surface area (TPSA) is 79.1 Å². The van der Waals surface area contributed by atoms with Crippen LogP contribution >= 0.6 is 38.9 Å². The zero-order chi connectivity index (χ0) is 28.3. The van der Waals surface area contributed by atoms with Gasteiger partial charge in [-0.2, -0.15) is 0 Å². The van der Waals surface area contributed by atoms with Crippen LogP contribution in [-0.4, -0.2) is 29.9 Å². The van der Waals surface area contributed by atoms with Crippen LogP contribution in [0.15, 0.2) is 61.9 Å². The summed E-state index contributed by atoms with van der Waals surface area (Å²) in [5.41, 5.74) is 1.63. The van der Waals surface area contributed by atoms with Gasteiger partial charge in [0, 0.05) is 16.1 Å². The number of benzene rings is 2. The van der Waals surface area contributed by atoms with Crippen LogP contribution in [0.5, 0.6) is 11.5 Å². The molecule has 0 radical (unpaired) electrons. The van der Waals surface area contributed by atoms with E-state index in [0.29, 0.717) is 47.2 Å². The molecule has 2 heterocycles. The Balaban J connectivity index is 2.00. The Labute approximate surface area is 243 Å². The molecule has 1 atom stereocenters. The number of nitrogens with zero attached hydrogens (tertiary/aromatic N) is 2. The maximum atomic E-state index is 14.0. The summed E-state index contributed by atoms with van der Waals surface area (Å²) >= 11 is 11.0. The van der Waals surface area contributed by atoms with Gasteiger partial charge in [0.25, 0.3) is 5.56 Å². The summed E-state index contributed by atoms with van der Waals surface area (Å²) in [6.07, 6.45) is 6.95. The van der Waals surface area contributed by atoms with Crippen molar-refractivity contribution in [2.45, 2.75) is 39.8 Å². The van der Waals surface area contributed by atoms with Crippen molar-refractivity contribution >= 4 is 50.9 Å². The number of esters is 1. The summed E-state index contributed by atoms with van der Waals surface area (Å²) in [7, 11) is 0. The number of carbonyl (C=O) groups is 1. The Kier molecular flexibility index (Phi) is 9.01. The van der Waals surface area contributed by atoms with Gasteiger partial charge in [-0.05, 0) is 67.9 Å². The van der Waals surface area contributed by atoms with E-state index in [1.54, 1.807) is 32.1 Å². The molecule has 0 saturated heterocycles. The van der Waals surface area contributed by atoms with E-state index in [9.17, 15) is 9.59 Å². The Bertz CT molecular complexity index is 1680. The van der Waals surface area contributed by atoms with Gasteiger partial charge in [0.2, 0.25) is 0 Å². The summed E-state index contributed by atoms with van der Waals surface area (Å²) in [6.45, 7) is 7.52. The Morgan fingerprint density at radius 3 is 2.77 bits per heavy atom. The van der Waals surface area contributed by atoms with Gasteiger partial charge in [0.15, 0.2) is 4.80 Å². The first kappa shape index (κ1) is 28.7. The molecule has 39 heavy (non-hydrogen) atoms. The van der Waals surface area contributed by atoms with Crippen molar-refractivity contribution in [1.82, 2.24) is 4.57 Å². The zero-order valence-corrected chi connectivity index (χ0v) is 24.9. The molecule has 0 bridgehead atoms. The number of aromatic nitrogens is 1. The average Bonchev–Trinajstić information content (AvgIpc) is 3.17. The Morgan fingerprint density at radius 2 is 2.08 bits per heavy atom. The molecule has 7 nitrogen and oxygen atoms in total. The second-order valence-electron chi connectivity index (χ2n) is 8.81. The van der Waals surface area contributed by atoms with Gasteiger partial charge in [0.05, 0.1) is 33.0 Å². The first-order valence-corrected chi connectivity index (χ1v) is 14.2. The van der Waals surface area contributed by atoms with Crippen LogP contribution in [-0.2, 0) is 9.53 Å². The lowest BCUT2D eigenvalue weighted by atomic mass is 9.95. The Hall–Kier alpha value is -3.32. The summed E-state index contributed by atoms with van der Waals surface area (Å²) in [5.74, 6) is 2.92. The van der Waals surface area contributed by atoms with E-state index in [-0.39, 0.29) is 30.5 Å². The van der Waals surface area contributed by atoms with Crippen LogP contribution in [0, 0.1) is 12.3 Å². The minimum atomic E-state index is -0.805.